The third-order valence-corrected chi connectivity index (χ3v) is 6.65. The molecule has 0 bridgehead atoms. The molecular formula is C23H15BrN2OS2. The van der Waals surface area contributed by atoms with Crippen molar-refractivity contribution in [2.45, 2.75) is 10.9 Å². The van der Waals surface area contributed by atoms with Crippen LogP contribution < -0.4 is 4.74 Å². The van der Waals surface area contributed by atoms with Crippen LogP contribution in [0.25, 0.3) is 16.3 Å². The number of halogens is 1. The molecule has 0 saturated carbocycles. The Bertz CT molecular complexity index is 1180. The van der Waals surface area contributed by atoms with Crippen LogP contribution in [0.5, 0.6) is 5.75 Å². The van der Waals surface area contributed by atoms with E-state index < -0.39 is 0 Å². The quantitative estimate of drug-likeness (QED) is 0.215. The zero-order valence-electron chi connectivity index (χ0n) is 15.2. The normalized spacial score (nSPS) is 11.4. The summed E-state index contributed by atoms with van der Waals surface area (Å²) in [5.41, 5.74) is 2.90. The number of nitriles is 1. The molecule has 1 aromatic heterocycles. The minimum absolute atomic E-state index is 0.463. The number of rotatable bonds is 6. The molecule has 4 aromatic rings. The first-order chi connectivity index (χ1) is 14.2. The Morgan fingerprint density at radius 1 is 1.07 bits per heavy atom. The maximum atomic E-state index is 9.64. The van der Waals surface area contributed by atoms with Gasteiger partial charge in [0.2, 0.25) is 0 Å². The van der Waals surface area contributed by atoms with Crippen molar-refractivity contribution in [2.75, 3.05) is 0 Å². The van der Waals surface area contributed by atoms with Gasteiger partial charge in [-0.25, -0.2) is 4.98 Å². The van der Waals surface area contributed by atoms with E-state index in [0.717, 1.165) is 35.9 Å². The maximum absolute atomic E-state index is 9.64. The molecule has 29 heavy (non-hydrogen) atoms. The van der Waals surface area contributed by atoms with Crippen molar-refractivity contribution in [2.24, 2.45) is 0 Å². The number of ether oxygens (including phenoxy) is 1. The number of nitrogens with zero attached hydrogens (tertiary/aromatic N) is 2. The van der Waals surface area contributed by atoms with Crippen molar-refractivity contribution >= 4 is 55.3 Å². The van der Waals surface area contributed by atoms with Crippen LogP contribution >= 0.6 is 39.0 Å². The molecule has 0 amide bonds. The van der Waals surface area contributed by atoms with Crippen LogP contribution in [0.15, 0.2) is 86.5 Å². The Labute approximate surface area is 185 Å². The highest BCUT2D eigenvalue weighted by atomic mass is 79.9. The fraction of sp³-hybridized carbons (Fsp3) is 0.0435. The van der Waals surface area contributed by atoms with Crippen molar-refractivity contribution < 1.29 is 4.74 Å². The topological polar surface area (TPSA) is 45.9 Å². The average molecular weight is 479 g/mol. The van der Waals surface area contributed by atoms with Crippen LogP contribution in [0.1, 0.15) is 11.1 Å². The minimum Gasteiger partial charge on any atom is -0.488 e. The summed E-state index contributed by atoms with van der Waals surface area (Å²) in [6, 6.07) is 26.0. The molecule has 3 nitrogen and oxygen atoms in total. The van der Waals surface area contributed by atoms with E-state index in [9.17, 15) is 5.26 Å². The summed E-state index contributed by atoms with van der Waals surface area (Å²) in [5.74, 6) is 0.744. The molecule has 0 radical (unpaired) electrons. The zero-order valence-corrected chi connectivity index (χ0v) is 18.4. The monoisotopic (exact) mass is 478 g/mol. The number of hydrogen-bond acceptors (Lipinski definition) is 5. The molecule has 0 aliphatic heterocycles. The molecule has 0 fully saturated rings. The van der Waals surface area contributed by atoms with Crippen molar-refractivity contribution in [1.29, 1.82) is 5.26 Å². The molecule has 0 saturated heterocycles. The standard InChI is InChI=1S/C23H15BrN2OS2/c24-18-11-9-16(10-12-18)15-27-21-7-3-1-5-17(21)13-19(14-25)28-23-26-20-6-2-4-8-22(20)29-23/h1-13H,15H2. The lowest BCUT2D eigenvalue weighted by Gasteiger charge is -2.09. The van der Waals surface area contributed by atoms with Gasteiger partial charge in [0.1, 0.15) is 18.4 Å². The van der Waals surface area contributed by atoms with Crippen LogP contribution in [0, 0.1) is 11.3 Å². The van der Waals surface area contributed by atoms with Gasteiger partial charge in [0, 0.05) is 10.0 Å². The van der Waals surface area contributed by atoms with Gasteiger partial charge in [-0.1, -0.05) is 58.4 Å². The van der Waals surface area contributed by atoms with E-state index >= 15 is 0 Å². The molecule has 0 unspecified atom stereocenters. The van der Waals surface area contributed by atoms with Gasteiger partial charge in [0.25, 0.3) is 0 Å². The summed E-state index contributed by atoms with van der Waals surface area (Å²) < 4.78 is 9.02. The van der Waals surface area contributed by atoms with Crippen LogP contribution in [-0.4, -0.2) is 4.98 Å². The van der Waals surface area contributed by atoms with Gasteiger partial charge in [-0.15, -0.1) is 11.3 Å². The SMILES string of the molecule is N#CC(=Cc1ccccc1OCc1ccc(Br)cc1)Sc1nc2ccccc2s1. The third-order valence-electron chi connectivity index (χ3n) is 4.09. The molecule has 0 spiro atoms. The molecule has 6 heteroatoms. The second kappa shape index (κ2) is 9.27. The van der Waals surface area contributed by atoms with Crippen LogP contribution in [0.2, 0.25) is 0 Å². The Morgan fingerprint density at radius 2 is 1.83 bits per heavy atom. The fourth-order valence-electron chi connectivity index (χ4n) is 2.69. The fourth-order valence-corrected chi connectivity index (χ4v) is 4.92. The van der Waals surface area contributed by atoms with Crippen LogP contribution in [0.4, 0.5) is 0 Å². The molecule has 3 aromatic carbocycles. The van der Waals surface area contributed by atoms with E-state index in [2.05, 4.69) is 27.0 Å². The van der Waals surface area contributed by atoms with Crippen molar-refractivity contribution in [3.8, 4) is 11.8 Å². The summed E-state index contributed by atoms with van der Waals surface area (Å²) in [6.45, 7) is 0.463. The number of allylic oxidation sites excluding steroid dienone is 1. The summed E-state index contributed by atoms with van der Waals surface area (Å²) in [5, 5.41) is 9.64. The number of benzene rings is 3. The molecule has 142 valence electrons. The van der Waals surface area contributed by atoms with Gasteiger partial charge in [0.15, 0.2) is 4.34 Å². The highest BCUT2D eigenvalue weighted by Gasteiger charge is 2.09. The lowest BCUT2D eigenvalue weighted by molar-refractivity contribution is 0.305. The van der Waals surface area contributed by atoms with Gasteiger partial charge >= 0.3 is 0 Å². The summed E-state index contributed by atoms with van der Waals surface area (Å²) >= 11 is 6.41. The van der Waals surface area contributed by atoms with Gasteiger partial charge in [-0.05, 0) is 53.7 Å². The van der Waals surface area contributed by atoms with E-state index in [-0.39, 0.29) is 0 Å². The number of thiazole rings is 1. The van der Waals surface area contributed by atoms with E-state index in [1.807, 2.05) is 78.9 Å². The summed E-state index contributed by atoms with van der Waals surface area (Å²) in [6.07, 6.45) is 1.85. The molecule has 1 heterocycles. The number of aromatic nitrogens is 1. The number of hydrogen-bond donors (Lipinski definition) is 0. The van der Waals surface area contributed by atoms with Crippen LogP contribution in [0.3, 0.4) is 0 Å². The molecular weight excluding hydrogens is 464 g/mol. The summed E-state index contributed by atoms with van der Waals surface area (Å²) in [7, 11) is 0. The molecule has 0 aliphatic rings. The lowest BCUT2D eigenvalue weighted by atomic mass is 10.2. The largest absolute Gasteiger partial charge is 0.488 e. The molecule has 0 atom stereocenters. The number of thioether (sulfide) groups is 1. The lowest BCUT2D eigenvalue weighted by Crippen LogP contribution is -1.96. The first-order valence-electron chi connectivity index (χ1n) is 8.83. The van der Waals surface area contributed by atoms with E-state index in [0.29, 0.717) is 11.5 Å². The first-order valence-corrected chi connectivity index (χ1v) is 11.3. The Hall–Kier alpha value is -2.59. The molecule has 0 aliphatic carbocycles. The van der Waals surface area contributed by atoms with Crippen molar-refractivity contribution in [3.63, 3.8) is 0 Å². The van der Waals surface area contributed by atoms with Crippen molar-refractivity contribution in [1.82, 2.24) is 4.98 Å². The van der Waals surface area contributed by atoms with Crippen molar-refractivity contribution in [3.05, 3.63) is 93.3 Å². The zero-order chi connectivity index (χ0) is 20.1. The number of para-hydroxylation sites is 2. The van der Waals surface area contributed by atoms with Gasteiger partial charge in [0.05, 0.1) is 15.1 Å². The minimum atomic E-state index is 0.463. The summed E-state index contributed by atoms with van der Waals surface area (Å²) in [4.78, 5) is 5.17. The second-order valence-electron chi connectivity index (χ2n) is 6.12. The second-order valence-corrected chi connectivity index (χ2v) is 9.36. The van der Waals surface area contributed by atoms with Gasteiger partial charge in [-0.2, -0.15) is 5.26 Å². The van der Waals surface area contributed by atoms with E-state index in [4.69, 9.17) is 4.74 Å². The van der Waals surface area contributed by atoms with Gasteiger partial charge < -0.3 is 4.74 Å². The highest BCUT2D eigenvalue weighted by Crippen LogP contribution is 2.35. The van der Waals surface area contributed by atoms with E-state index in [1.165, 1.54) is 11.8 Å². The number of fused-ring (bicyclic) bond motifs is 1. The average Bonchev–Trinajstić information content (AvgIpc) is 3.16. The Kier molecular flexibility index (Phi) is 6.30. The molecule has 4 rings (SSSR count). The maximum Gasteiger partial charge on any atom is 0.156 e. The van der Waals surface area contributed by atoms with Crippen LogP contribution in [-0.2, 0) is 6.61 Å². The highest BCUT2D eigenvalue weighted by molar-refractivity contribution is 9.10. The first kappa shape index (κ1) is 19.7. The predicted octanol–water partition coefficient (Wildman–Crippen LogP) is 7.29. The molecule has 0 N–H and O–H groups in total. The smallest absolute Gasteiger partial charge is 0.156 e. The third kappa shape index (κ3) is 5.07. The Balaban J connectivity index is 1.54. The predicted molar refractivity (Wildman–Crippen MR) is 124 cm³/mol. The van der Waals surface area contributed by atoms with E-state index in [1.54, 1.807) is 11.3 Å². The van der Waals surface area contributed by atoms with Gasteiger partial charge in [-0.3, -0.25) is 0 Å². The Morgan fingerprint density at radius 3 is 2.62 bits per heavy atom.